The predicted molar refractivity (Wildman–Crippen MR) is 94.0 cm³/mol. The zero-order chi connectivity index (χ0) is 16.8. The largest absolute Gasteiger partial charge is 0.305 e. The molecule has 3 heterocycles. The van der Waals surface area contributed by atoms with Crippen molar-refractivity contribution in [2.75, 3.05) is 0 Å². The van der Waals surface area contributed by atoms with Crippen molar-refractivity contribution < 1.29 is 9.13 Å². The lowest BCUT2D eigenvalue weighted by Gasteiger charge is -2.02. The molecule has 0 saturated carbocycles. The molecule has 0 atom stereocenters. The molecule has 3 rings (SSSR count). The lowest BCUT2D eigenvalue weighted by atomic mass is 10.2. The SMILES string of the molecule is CCCC[n+]1cc[nH]c1-c1cccc(-c2[nH]cc[n+]2CCCC)n1. The topological polar surface area (TPSA) is 52.2 Å². The third-order valence-corrected chi connectivity index (χ3v) is 4.26. The summed E-state index contributed by atoms with van der Waals surface area (Å²) in [6.07, 6.45) is 12.9. The van der Waals surface area contributed by atoms with Gasteiger partial charge in [-0.25, -0.2) is 24.1 Å². The molecule has 5 nitrogen and oxygen atoms in total. The Bertz CT molecular complexity index is 710. The highest BCUT2D eigenvalue weighted by Gasteiger charge is 2.19. The van der Waals surface area contributed by atoms with E-state index in [1.165, 1.54) is 25.7 Å². The van der Waals surface area contributed by atoms with E-state index in [1.807, 2.05) is 12.4 Å². The Morgan fingerprint density at radius 2 is 1.33 bits per heavy atom. The molecule has 0 aliphatic carbocycles. The molecule has 126 valence electrons. The Kier molecular flexibility index (Phi) is 5.41. The van der Waals surface area contributed by atoms with Gasteiger partial charge in [0.05, 0.1) is 13.1 Å². The van der Waals surface area contributed by atoms with Gasteiger partial charge in [0, 0.05) is 0 Å². The van der Waals surface area contributed by atoms with Crippen molar-refractivity contribution >= 4 is 0 Å². The summed E-state index contributed by atoms with van der Waals surface area (Å²) in [4.78, 5) is 11.6. The Balaban J connectivity index is 1.90. The molecular weight excluding hydrogens is 298 g/mol. The molecule has 3 aromatic heterocycles. The third kappa shape index (κ3) is 3.55. The van der Waals surface area contributed by atoms with Crippen molar-refractivity contribution in [2.24, 2.45) is 0 Å². The first-order valence-electron chi connectivity index (χ1n) is 8.95. The molecule has 0 saturated heterocycles. The fourth-order valence-corrected chi connectivity index (χ4v) is 2.90. The number of hydrogen-bond donors (Lipinski definition) is 2. The summed E-state index contributed by atoms with van der Waals surface area (Å²) >= 11 is 0. The second-order valence-corrected chi connectivity index (χ2v) is 6.12. The van der Waals surface area contributed by atoms with Gasteiger partial charge >= 0.3 is 11.6 Å². The fourth-order valence-electron chi connectivity index (χ4n) is 2.90. The molecule has 0 radical (unpaired) electrons. The van der Waals surface area contributed by atoms with Crippen molar-refractivity contribution in [1.82, 2.24) is 15.0 Å². The normalized spacial score (nSPS) is 11.1. The van der Waals surface area contributed by atoms with Gasteiger partial charge in [-0.05, 0) is 25.0 Å². The number of unbranched alkanes of at least 4 members (excludes halogenated alkanes) is 2. The molecular formula is C19H27N5+2. The maximum Gasteiger partial charge on any atom is 0.305 e. The molecule has 0 spiro atoms. The number of imidazole rings is 2. The second-order valence-electron chi connectivity index (χ2n) is 6.12. The lowest BCUT2D eigenvalue weighted by molar-refractivity contribution is -0.685. The number of nitrogens with zero attached hydrogens (tertiary/aromatic N) is 3. The Morgan fingerprint density at radius 1 is 0.833 bits per heavy atom. The highest BCUT2D eigenvalue weighted by molar-refractivity contribution is 5.54. The van der Waals surface area contributed by atoms with Crippen molar-refractivity contribution in [2.45, 2.75) is 52.6 Å². The first kappa shape index (κ1) is 16.4. The van der Waals surface area contributed by atoms with Gasteiger partial charge in [0.15, 0.2) is 11.4 Å². The number of pyridine rings is 1. The van der Waals surface area contributed by atoms with Crippen molar-refractivity contribution in [3.63, 3.8) is 0 Å². The van der Waals surface area contributed by atoms with Crippen LogP contribution < -0.4 is 9.13 Å². The molecule has 0 aromatic carbocycles. The van der Waals surface area contributed by atoms with Gasteiger partial charge in [-0.1, -0.05) is 32.8 Å². The van der Waals surface area contributed by atoms with Crippen LogP contribution in [-0.4, -0.2) is 15.0 Å². The van der Waals surface area contributed by atoms with E-state index in [4.69, 9.17) is 4.98 Å². The first-order valence-corrected chi connectivity index (χ1v) is 8.95. The summed E-state index contributed by atoms with van der Waals surface area (Å²) in [5.74, 6) is 2.13. The lowest BCUT2D eigenvalue weighted by Crippen LogP contribution is -2.35. The Morgan fingerprint density at radius 3 is 1.79 bits per heavy atom. The van der Waals surface area contributed by atoms with Gasteiger partial charge in [0.1, 0.15) is 24.8 Å². The van der Waals surface area contributed by atoms with E-state index in [-0.39, 0.29) is 0 Å². The molecule has 5 heteroatoms. The van der Waals surface area contributed by atoms with E-state index in [9.17, 15) is 0 Å². The van der Waals surface area contributed by atoms with Gasteiger partial charge in [-0.3, -0.25) is 0 Å². The van der Waals surface area contributed by atoms with Crippen LogP contribution >= 0.6 is 0 Å². The summed E-state index contributed by atoms with van der Waals surface area (Å²) < 4.78 is 4.49. The van der Waals surface area contributed by atoms with Crippen LogP contribution in [0.15, 0.2) is 43.0 Å². The third-order valence-electron chi connectivity index (χ3n) is 4.26. The minimum Gasteiger partial charge on any atom is -0.242 e. The van der Waals surface area contributed by atoms with Crippen LogP contribution in [0.4, 0.5) is 0 Å². The minimum absolute atomic E-state index is 0.977. The molecule has 2 N–H and O–H groups in total. The smallest absolute Gasteiger partial charge is 0.242 e. The van der Waals surface area contributed by atoms with Gasteiger partial charge in [-0.2, -0.15) is 0 Å². The summed E-state index contributed by atoms with van der Waals surface area (Å²) in [7, 11) is 0. The molecule has 0 bridgehead atoms. The van der Waals surface area contributed by atoms with E-state index < -0.39 is 0 Å². The molecule has 0 aliphatic rings. The number of nitrogens with one attached hydrogen (secondary N) is 2. The number of aryl methyl sites for hydroxylation is 2. The monoisotopic (exact) mass is 325 g/mol. The second kappa shape index (κ2) is 7.90. The molecule has 0 fully saturated rings. The van der Waals surface area contributed by atoms with Gasteiger partial charge in [-0.15, -0.1) is 0 Å². The zero-order valence-corrected chi connectivity index (χ0v) is 14.6. The van der Waals surface area contributed by atoms with Gasteiger partial charge in [0.25, 0.3) is 0 Å². The minimum atomic E-state index is 0.977. The zero-order valence-electron chi connectivity index (χ0n) is 14.6. The quantitative estimate of drug-likeness (QED) is 0.614. The van der Waals surface area contributed by atoms with Crippen LogP contribution in [0, 0.1) is 0 Å². The summed E-state index contributed by atoms with van der Waals surface area (Å²) in [5.41, 5.74) is 1.95. The molecule has 24 heavy (non-hydrogen) atoms. The number of aromatic amines is 2. The Hall–Kier alpha value is -2.43. The Labute approximate surface area is 143 Å². The molecule has 3 aromatic rings. The van der Waals surface area contributed by atoms with Crippen LogP contribution in [0.25, 0.3) is 23.0 Å². The van der Waals surface area contributed by atoms with E-state index >= 15 is 0 Å². The summed E-state index contributed by atoms with van der Waals surface area (Å²) in [6.45, 7) is 6.46. The van der Waals surface area contributed by atoms with Gasteiger partial charge in [0.2, 0.25) is 0 Å². The molecule has 0 aliphatic heterocycles. The van der Waals surface area contributed by atoms with Gasteiger partial charge < -0.3 is 0 Å². The van der Waals surface area contributed by atoms with Crippen LogP contribution in [0.2, 0.25) is 0 Å². The van der Waals surface area contributed by atoms with E-state index in [0.717, 1.165) is 36.1 Å². The van der Waals surface area contributed by atoms with Crippen LogP contribution in [-0.2, 0) is 13.1 Å². The standard InChI is InChI=1S/C19H25N5/c1-3-5-12-23-14-10-20-18(23)16-8-7-9-17(22-16)19-21-11-15-24(19)13-6-4-2/h7-11,14-15H,3-6,12-13H2,1-2H3/p+2. The predicted octanol–water partition coefficient (Wildman–Crippen LogP) is 3.25. The van der Waals surface area contributed by atoms with Crippen LogP contribution in [0.3, 0.4) is 0 Å². The van der Waals surface area contributed by atoms with Crippen molar-refractivity contribution in [3.05, 3.63) is 43.0 Å². The molecule has 0 unspecified atom stereocenters. The number of aromatic nitrogens is 5. The highest BCUT2D eigenvalue weighted by atomic mass is 15.1. The van der Waals surface area contributed by atoms with Crippen LogP contribution in [0.5, 0.6) is 0 Å². The first-order chi connectivity index (χ1) is 11.8. The van der Waals surface area contributed by atoms with Crippen LogP contribution in [0.1, 0.15) is 39.5 Å². The highest BCUT2D eigenvalue weighted by Crippen LogP contribution is 2.16. The summed E-state index contributed by atoms with van der Waals surface area (Å²) in [5, 5.41) is 0. The average Bonchev–Trinajstić information content (AvgIpc) is 3.27. The molecule has 0 amide bonds. The maximum absolute atomic E-state index is 4.89. The summed E-state index contributed by atoms with van der Waals surface area (Å²) in [6, 6.07) is 6.21. The maximum atomic E-state index is 4.89. The van der Waals surface area contributed by atoms with E-state index in [1.54, 1.807) is 0 Å². The van der Waals surface area contributed by atoms with Crippen molar-refractivity contribution in [3.8, 4) is 23.0 Å². The average molecular weight is 325 g/mol. The number of H-pyrrole nitrogens is 2. The fraction of sp³-hybridized carbons (Fsp3) is 0.421. The van der Waals surface area contributed by atoms with Crippen molar-refractivity contribution in [1.29, 1.82) is 0 Å². The number of rotatable bonds is 8. The number of hydrogen-bond acceptors (Lipinski definition) is 1. The van der Waals surface area contributed by atoms with E-state index in [0.29, 0.717) is 0 Å². The van der Waals surface area contributed by atoms with E-state index in [2.05, 4.69) is 63.5 Å².